The molecule has 8 heteroatoms. The largest absolute Gasteiger partial charge is 0.465 e. The van der Waals surface area contributed by atoms with E-state index >= 15 is 0 Å². The van der Waals surface area contributed by atoms with E-state index in [9.17, 15) is 9.59 Å². The summed E-state index contributed by atoms with van der Waals surface area (Å²) in [7, 11) is 2.64. The highest BCUT2D eigenvalue weighted by molar-refractivity contribution is 5.89. The summed E-state index contributed by atoms with van der Waals surface area (Å²) in [6.45, 7) is 0.706. The molecule has 2 aromatic rings. The molecule has 0 amide bonds. The third-order valence-electron chi connectivity index (χ3n) is 3.93. The Balaban J connectivity index is 1.65. The minimum atomic E-state index is -0.807. The number of hydrogen-bond donors (Lipinski definition) is 0. The molecule has 1 saturated heterocycles. The van der Waals surface area contributed by atoms with Crippen molar-refractivity contribution in [2.75, 3.05) is 27.4 Å². The molecule has 0 aromatic heterocycles. The van der Waals surface area contributed by atoms with Crippen LogP contribution in [0, 0.1) is 0 Å². The number of hydrogen-bond acceptors (Lipinski definition) is 8. The first-order valence-electron chi connectivity index (χ1n) is 8.54. The molecule has 0 saturated carbocycles. The molecule has 2 atom stereocenters. The summed E-state index contributed by atoms with van der Waals surface area (Å²) >= 11 is 0. The number of ether oxygens (including phenoxy) is 6. The van der Waals surface area contributed by atoms with E-state index in [-0.39, 0.29) is 0 Å². The van der Waals surface area contributed by atoms with Crippen molar-refractivity contribution in [1.29, 1.82) is 0 Å². The summed E-state index contributed by atoms with van der Waals surface area (Å²) in [5.41, 5.74) is 0.823. The van der Waals surface area contributed by atoms with Crippen LogP contribution in [0.1, 0.15) is 20.7 Å². The highest BCUT2D eigenvalue weighted by Gasteiger charge is 2.31. The number of rotatable bonds is 6. The van der Waals surface area contributed by atoms with Gasteiger partial charge in [-0.1, -0.05) is 0 Å². The standard InChI is InChI=1S/C20H20O8/c1-23-17(21)13-3-7-15(8-4-13)27-19-20(26-12-11-25-19)28-16-9-5-14(6-10-16)18(22)24-2/h3-10,19-20H,11-12H2,1-2H3. The van der Waals surface area contributed by atoms with Crippen LogP contribution in [0.25, 0.3) is 0 Å². The summed E-state index contributed by atoms with van der Waals surface area (Å²) in [6.07, 6.45) is -1.61. The maximum atomic E-state index is 11.5. The Hall–Kier alpha value is -3.10. The zero-order chi connectivity index (χ0) is 19.9. The van der Waals surface area contributed by atoms with Crippen LogP contribution < -0.4 is 9.47 Å². The lowest BCUT2D eigenvalue weighted by Gasteiger charge is -2.31. The minimum Gasteiger partial charge on any atom is -0.465 e. The smallest absolute Gasteiger partial charge is 0.337 e. The molecule has 1 aliphatic rings. The average molecular weight is 388 g/mol. The maximum Gasteiger partial charge on any atom is 0.337 e. The first kappa shape index (κ1) is 19.7. The Morgan fingerprint density at radius 2 is 1.07 bits per heavy atom. The zero-order valence-electron chi connectivity index (χ0n) is 15.5. The van der Waals surface area contributed by atoms with Crippen molar-refractivity contribution in [3.63, 3.8) is 0 Å². The Bertz CT molecular complexity index is 730. The molecular weight excluding hydrogens is 368 g/mol. The predicted molar refractivity (Wildman–Crippen MR) is 96.3 cm³/mol. The zero-order valence-corrected chi connectivity index (χ0v) is 15.5. The van der Waals surface area contributed by atoms with Gasteiger partial charge in [0.15, 0.2) is 0 Å². The number of carbonyl (C=O) groups excluding carboxylic acids is 2. The lowest BCUT2D eigenvalue weighted by molar-refractivity contribution is -0.271. The molecule has 8 nitrogen and oxygen atoms in total. The van der Waals surface area contributed by atoms with E-state index in [1.165, 1.54) is 14.2 Å². The van der Waals surface area contributed by atoms with Gasteiger partial charge in [0.2, 0.25) is 0 Å². The lowest BCUT2D eigenvalue weighted by Crippen LogP contribution is -2.45. The minimum absolute atomic E-state index is 0.353. The van der Waals surface area contributed by atoms with Crippen molar-refractivity contribution in [2.45, 2.75) is 12.6 Å². The third-order valence-corrected chi connectivity index (χ3v) is 3.93. The van der Waals surface area contributed by atoms with Crippen LogP contribution in [0.2, 0.25) is 0 Å². The van der Waals surface area contributed by atoms with Gasteiger partial charge in [0, 0.05) is 0 Å². The van der Waals surface area contributed by atoms with Crippen molar-refractivity contribution in [2.24, 2.45) is 0 Å². The molecule has 1 heterocycles. The third kappa shape index (κ3) is 4.79. The molecule has 3 rings (SSSR count). The van der Waals surface area contributed by atoms with Gasteiger partial charge in [0.1, 0.15) is 11.5 Å². The summed E-state index contributed by atoms with van der Waals surface area (Å²) < 4.78 is 32.1. The number of benzene rings is 2. The molecule has 2 unspecified atom stereocenters. The van der Waals surface area contributed by atoms with E-state index in [4.69, 9.17) is 18.9 Å². The quantitative estimate of drug-likeness (QED) is 0.697. The Labute approximate surface area is 161 Å². The van der Waals surface area contributed by atoms with Gasteiger partial charge in [-0.3, -0.25) is 0 Å². The van der Waals surface area contributed by atoms with Crippen LogP contribution in [0.15, 0.2) is 48.5 Å². The first-order chi connectivity index (χ1) is 13.6. The van der Waals surface area contributed by atoms with E-state index in [0.717, 1.165) is 0 Å². The number of methoxy groups -OCH3 is 2. The van der Waals surface area contributed by atoms with E-state index in [0.29, 0.717) is 35.8 Å². The molecule has 0 bridgehead atoms. The van der Waals surface area contributed by atoms with Gasteiger partial charge in [-0.15, -0.1) is 0 Å². The van der Waals surface area contributed by atoms with Gasteiger partial charge < -0.3 is 28.4 Å². The summed E-state index contributed by atoms with van der Waals surface area (Å²) in [5.74, 6) is 0.108. The monoisotopic (exact) mass is 388 g/mol. The Morgan fingerprint density at radius 3 is 1.39 bits per heavy atom. The fourth-order valence-electron chi connectivity index (χ4n) is 2.51. The van der Waals surface area contributed by atoms with Gasteiger partial charge in [-0.2, -0.15) is 0 Å². The average Bonchev–Trinajstić information content (AvgIpc) is 2.75. The molecule has 0 radical (unpaired) electrons. The fraction of sp³-hybridized carbons (Fsp3) is 0.300. The molecule has 28 heavy (non-hydrogen) atoms. The van der Waals surface area contributed by atoms with Gasteiger partial charge >= 0.3 is 11.9 Å². The topological polar surface area (TPSA) is 89.5 Å². The molecule has 2 aromatic carbocycles. The van der Waals surface area contributed by atoms with Crippen LogP contribution in [-0.4, -0.2) is 52.0 Å². The van der Waals surface area contributed by atoms with Crippen LogP contribution in [0.5, 0.6) is 11.5 Å². The maximum absolute atomic E-state index is 11.5. The first-order valence-corrected chi connectivity index (χ1v) is 8.54. The fourth-order valence-corrected chi connectivity index (χ4v) is 2.51. The van der Waals surface area contributed by atoms with E-state index < -0.39 is 24.5 Å². The number of esters is 2. The van der Waals surface area contributed by atoms with Crippen molar-refractivity contribution < 1.29 is 38.0 Å². The summed E-state index contributed by atoms with van der Waals surface area (Å²) in [5, 5.41) is 0. The molecule has 1 fully saturated rings. The second-order valence-electron chi connectivity index (χ2n) is 5.75. The van der Waals surface area contributed by atoms with Crippen LogP contribution in [0.4, 0.5) is 0 Å². The molecule has 0 aliphatic carbocycles. The highest BCUT2D eigenvalue weighted by atomic mass is 16.8. The normalized spacial score (nSPS) is 18.8. The van der Waals surface area contributed by atoms with Crippen molar-refractivity contribution in [3.05, 3.63) is 59.7 Å². The molecule has 0 N–H and O–H groups in total. The molecule has 1 aliphatic heterocycles. The SMILES string of the molecule is COC(=O)c1ccc(OC2OCCOC2Oc2ccc(C(=O)OC)cc2)cc1. The Kier molecular flexibility index (Phi) is 6.46. The lowest BCUT2D eigenvalue weighted by atomic mass is 10.2. The predicted octanol–water partition coefficient (Wildman–Crippen LogP) is 2.42. The second-order valence-corrected chi connectivity index (χ2v) is 5.75. The molecule has 148 valence electrons. The second kappa shape index (κ2) is 9.20. The van der Waals surface area contributed by atoms with Gasteiger partial charge in [0.05, 0.1) is 38.6 Å². The van der Waals surface area contributed by atoms with Crippen LogP contribution >= 0.6 is 0 Å². The highest BCUT2D eigenvalue weighted by Crippen LogP contribution is 2.22. The van der Waals surface area contributed by atoms with Crippen molar-refractivity contribution in [3.8, 4) is 11.5 Å². The van der Waals surface area contributed by atoms with Gasteiger partial charge in [-0.05, 0) is 48.5 Å². The van der Waals surface area contributed by atoms with Gasteiger partial charge in [0.25, 0.3) is 12.6 Å². The van der Waals surface area contributed by atoms with Crippen LogP contribution in [-0.2, 0) is 18.9 Å². The van der Waals surface area contributed by atoms with Crippen LogP contribution in [0.3, 0.4) is 0 Å². The van der Waals surface area contributed by atoms with Crippen molar-refractivity contribution in [1.82, 2.24) is 0 Å². The van der Waals surface area contributed by atoms with Crippen molar-refractivity contribution >= 4 is 11.9 Å². The summed E-state index contributed by atoms with van der Waals surface area (Å²) in [4.78, 5) is 23.0. The Morgan fingerprint density at radius 1 is 0.714 bits per heavy atom. The molecular formula is C20H20O8. The molecule has 0 spiro atoms. The number of carbonyl (C=O) groups is 2. The van der Waals surface area contributed by atoms with E-state index in [1.807, 2.05) is 0 Å². The van der Waals surface area contributed by atoms with E-state index in [2.05, 4.69) is 9.47 Å². The summed E-state index contributed by atoms with van der Waals surface area (Å²) in [6, 6.07) is 12.9. The van der Waals surface area contributed by atoms with E-state index in [1.54, 1.807) is 48.5 Å². The van der Waals surface area contributed by atoms with Gasteiger partial charge in [-0.25, -0.2) is 9.59 Å².